The predicted molar refractivity (Wildman–Crippen MR) is 55.9 cm³/mol. The van der Waals surface area contributed by atoms with Gasteiger partial charge in [0.25, 0.3) is 0 Å². The smallest absolute Gasteiger partial charge is 0.338 e. The van der Waals surface area contributed by atoms with Gasteiger partial charge in [-0.1, -0.05) is 20.8 Å². The first kappa shape index (κ1) is 13.4. The van der Waals surface area contributed by atoms with Gasteiger partial charge in [0.1, 0.15) is 0 Å². The summed E-state index contributed by atoms with van der Waals surface area (Å²) in [4.78, 5) is 11.4. The molecule has 0 heterocycles. The van der Waals surface area contributed by atoms with Crippen LogP contribution in [0.15, 0.2) is 0 Å². The molecule has 0 amide bonds. The summed E-state index contributed by atoms with van der Waals surface area (Å²) in [6, 6.07) is 0. The standard InChI is InChI=1S/C11H22O3/c1-6-14-10(12)11(5,13)9(4)7-8(2)3/h8-9,13H,6-7H2,1-5H3. The number of rotatable bonds is 5. The lowest BCUT2D eigenvalue weighted by Gasteiger charge is -2.28. The number of carbonyl (C=O) groups is 1. The van der Waals surface area contributed by atoms with Crippen LogP contribution < -0.4 is 0 Å². The van der Waals surface area contributed by atoms with Gasteiger partial charge < -0.3 is 9.84 Å². The molecule has 0 rings (SSSR count). The zero-order valence-corrected chi connectivity index (χ0v) is 9.83. The minimum absolute atomic E-state index is 0.0819. The minimum Gasteiger partial charge on any atom is -0.464 e. The molecule has 3 heteroatoms. The Balaban J connectivity index is 4.35. The molecule has 0 aromatic heterocycles. The van der Waals surface area contributed by atoms with Gasteiger partial charge in [-0.3, -0.25) is 0 Å². The van der Waals surface area contributed by atoms with E-state index >= 15 is 0 Å². The van der Waals surface area contributed by atoms with Crippen molar-refractivity contribution < 1.29 is 14.6 Å². The molecule has 0 spiro atoms. The number of hydrogen-bond acceptors (Lipinski definition) is 3. The van der Waals surface area contributed by atoms with Gasteiger partial charge in [0, 0.05) is 0 Å². The van der Waals surface area contributed by atoms with E-state index in [9.17, 15) is 9.90 Å². The van der Waals surface area contributed by atoms with Crippen LogP contribution in [0.25, 0.3) is 0 Å². The Bertz CT molecular complexity index is 185. The molecule has 14 heavy (non-hydrogen) atoms. The van der Waals surface area contributed by atoms with Crippen molar-refractivity contribution >= 4 is 5.97 Å². The van der Waals surface area contributed by atoms with Gasteiger partial charge in [-0.25, -0.2) is 4.79 Å². The van der Waals surface area contributed by atoms with E-state index < -0.39 is 11.6 Å². The lowest BCUT2D eigenvalue weighted by Crippen LogP contribution is -2.43. The summed E-state index contributed by atoms with van der Waals surface area (Å²) in [5.74, 6) is -0.138. The van der Waals surface area contributed by atoms with Gasteiger partial charge >= 0.3 is 5.97 Å². The van der Waals surface area contributed by atoms with Crippen molar-refractivity contribution in [1.29, 1.82) is 0 Å². The highest BCUT2D eigenvalue weighted by molar-refractivity contribution is 5.79. The van der Waals surface area contributed by atoms with Crippen molar-refractivity contribution in [3.8, 4) is 0 Å². The number of ether oxygens (including phenoxy) is 1. The van der Waals surface area contributed by atoms with Gasteiger partial charge in [0.2, 0.25) is 0 Å². The second-order valence-corrected chi connectivity index (χ2v) is 4.40. The van der Waals surface area contributed by atoms with Gasteiger partial charge in [0.15, 0.2) is 5.60 Å². The Kier molecular flexibility index (Phi) is 5.13. The Labute approximate surface area is 86.5 Å². The van der Waals surface area contributed by atoms with Crippen molar-refractivity contribution in [1.82, 2.24) is 0 Å². The van der Waals surface area contributed by atoms with E-state index in [0.717, 1.165) is 6.42 Å². The number of hydrogen-bond donors (Lipinski definition) is 1. The van der Waals surface area contributed by atoms with Crippen LogP contribution in [0.5, 0.6) is 0 Å². The lowest BCUT2D eigenvalue weighted by molar-refractivity contribution is -0.168. The molecule has 0 aliphatic heterocycles. The van der Waals surface area contributed by atoms with E-state index in [2.05, 4.69) is 13.8 Å². The van der Waals surface area contributed by atoms with Gasteiger partial charge in [-0.05, 0) is 32.1 Å². The van der Waals surface area contributed by atoms with E-state index in [1.807, 2.05) is 6.92 Å². The van der Waals surface area contributed by atoms with E-state index in [1.54, 1.807) is 6.92 Å². The number of esters is 1. The number of aliphatic hydroxyl groups is 1. The summed E-state index contributed by atoms with van der Waals surface area (Å²) >= 11 is 0. The van der Waals surface area contributed by atoms with Crippen molar-refractivity contribution in [2.24, 2.45) is 11.8 Å². The minimum atomic E-state index is -1.36. The van der Waals surface area contributed by atoms with E-state index in [-0.39, 0.29) is 5.92 Å². The van der Waals surface area contributed by atoms with Crippen LogP contribution in [0.3, 0.4) is 0 Å². The van der Waals surface area contributed by atoms with E-state index in [4.69, 9.17) is 4.74 Å². The zero-order chi connectivity index (χ0) is 11.4. The quantitative estimate of drug-likeness (QED) is 0.693. The van der Waals surface area contributed by atoms with E-state index in [0.29, 0.717) is 12.5 Å². The molecular weight excluding hydrogens is 180 g/mol. The van der Waals surface area contributed by atoms with Crippen LogP contribution in [0, 0.1) is 11.8 Å². The molecular formula is C11H22O3. The maximum Gasteiger partial charge on any atom is 0.338 e. The average molecular weight is 202 g/mol. The summed E-state index contributed by atoms with van der Waals surface area (Å²) in [7, 11) is 0. The van der Waals surface area contributed by atoms with Crippen molar-refractivity contribution in [3.05, 3.63) is 0 Å². The maximum atomic E-state index is 11.4. The molecule has 0 fully saturated rings. The van der Waals surface area contributed by atoms with Crippen molar-refractivity contribution in [2.75, 3.05) is 6.61 Å². The fraction of sp³-hybridized carbons (Fsp3) is 0.909. The molecule has 0 bridgehead atoms. The van der Waals surface area contributed by atoms with Crippen LogP contribution in [-0.2, 0) is 9.53 Å². The normalized spacial score (nSPS) is 17.6. The van der Waals surface area contributed by atoms with Crippen LogP contribution in [0.1, 0.15) is 41.0 Å². The largest absolute Gasteiger partial charge is 0.464 e. The first-order chi connectivity index (χ1) is 6.32. The van der Waals surface area contributed by atoms with Crippen LogP contribution in [-0.4, -0.2) is 23.3 Å². The zero-order valence-electron chi connectivity index (χ0n) is 9.83. The predicted octanol–water partition coefficient (Wildman–Crippen LogP) is 1.98. The lowest BCUT2D eigenvalue weighted by atomic mass is 9.84. The highest BCUT2D eigenvalue weighted by Crippen LogP contribution is 2.25. The molecule has 84 valence electrons. The SMILES string of the molecule is CCOC(=O)C(C)(O)C(C)CC(C)C. The number of carbonyl (C=O) groups excluding carboxylic acids is 1. The first-order valence-corrected chi connectivity index (χ1v) is 5.21. The molecule has 0 saturated heterocycles. The second kappa shape index (κ2) is 5.35. The molecule has 1 N–H and O–H groups in total. The topological polar surface area (TPSA) is 46.5 Å². The first-order valence-electron chi connectivity index (χ1n) is 5.21. The highest BCUT2D eigenvalue weighted by Gasteiger charge is 2.37. The van der Waals surface area contributed by atoms with Crippen LogP contribution >= 0.6 is 0 Å². The third-order valence-corrected chi connectivity index (χ3v) is 2.47. The third-order valence-electron chi connectivity index (χ3n) is 2.47. The molecule has 0 aliphatic rings. The summed E-state index contributed by atoms with van der Waals surface area (Å²) in [5, 5.41) is 9.96. The molecule has 2 unspecified atom stereocenters. The van der Waals surface area contributed by atoms with Crippen molar-refractivity contribution in [2.45, 2.75) is 46.6 Å². The van der Waals surface area contributed by atoms with Gasteiger partial charge in [-0.2, -0.15) is 0 Å². The van der Waals surface area contributed by atoms with Gasteiger partial charge in [-0.15, -0.1) is 0 Å². The van der Waals surface area contributed by atoms with Gasteiger partial charge in [0.05, 0.1) is 6.61 Å². The second-order valence-electron chi connectivity index (χ2n) is 4.40. The average Bonchev–Trinajstić information content (AvgIpc) is 2.03. The fourth-order valence-corrected chi connectivity index (χ4v) is 1.41. The van der Waals surface area contributed by atoms with Crippen molar-refractivity contribution in [3.63, 3.8) is 0 Å². The molecule has 0 aromatic carbocycles. The summed E-state index contributed by atoms with van der Waals surface area (Å²) < 4.78 is 4.82. The van der Waals surface area contributed by atoms with E-state index in [1.165, 1.54) is 6.92 Å². The summed E-state index contributed by atoms with van der Waals surface area (Å²) in [5.41, 5.74) is -1.36. The third kappa shape index (κ3) is 3.66. The Hall–Kier alpha value is -0.570. The summed E-state index contributed by atoms with van der Waals surface area (Å²) in [6.07, 6.45) is 0.811. The Morgan fingerprint density at radius 3 is 2.29 bits per heavy atom. The monoisotopic (exact) mass is 202 g/mol. The highest BCUT2D eigenvalue weighted by atomic mass is 16.5. The Morgan fingerprint density at radius 2 is 1.93 bits per heavy atom. The summed E-state index contributed by atoms with van der Waals surface area (Å²) in [6.45, 7) is 9.58. The molecule has 0 aromatic rings. The molecule has 2 atom stereocenters. The Morgan fingerprint density at radius 1 is 1.43 bits per heavy atom. The molecule has 0 radical (unpaired) electrons. The van der Waals surface area contributed by atoms with Crippen LogP contribution in [0.2, 0.25) is 0 Å². The molecule has 0 saturated carbocycles. The molecule has 0 aliphatic carbocycles. The van der Waals surface area contributed by atoms with Crippen LogP contribution in [0.4, 0.5) is 0 Å². The maximum absolute atomic E-state index is 11.4. The fourth-order valence-electron chi connectivity index (χ4n) is 1.41. The molecule has 3 nitrogen and oxygen atoms in total.